The second-order valence-electron chi connectivity index (χ2n) is 10.6. The molecule has 1 atom stereocenters. The molecule has 8 heteroatoms. The zero-order valence-electron chi connectivity index (χ0n) is 23.0. The summed E-state index contributed by atoms with van der Waals surface area (Å²) >= 11 is 0. The van der Waals surface area contributed by atoms with Crippen molar-refractivity contribution in [3.8, 4) is 22.9 Å². The van der Waals surface area contributed by atoms with Gasteiger partial charge in [-0.3, -0.25) is 4.68 Å². The smallest absolute Gasteiger partial charge is 0.263 e. The normalized spacial score (nSPS) is 16.6. The van der Waals surface area contributed by atoms with E-state index < -0.39 is 5.60 Å². The highest BCUT2D eigenvalue weighted by Gasteiger charge is 2.30. The van der Waals surface area contributed by atoms with Crippen LogP contribution in [0.4, 0.5) is 5.82 Å². The predicted octanol–water partition coefficient (Wildman–Crippen LogP) is 5.78. The molecule has 4 rings (SSSR count). The van der Waals surface area contributed by atoms with Crippen molar-refractivity contribution in [1.29, 1.82) is 0 Å². The van der Waals surface area contributed by atoms with E-state index in [0.717, 1.165) is 73.9 Å². The van der Waals surface area contributed by atoms with E-state index in [1.54, 1.807) is 12.4 Å². The number of piperidine rings is 1. The van der Waals surface area contributed by atoms with Crippen molar-refractivity contribution in [1.82, 2.24) is 24.6 Å². The molecule has 1 aromatic carbocycles. The van der Waals surface area contributed by atoms with Crippen molar-refractivity contribution < 1.29 is 9.84 Å². The minimum absolute atomic E-state index is 0.233. The lowest BCUT2D eigenvalue weighted by molar-refractivity contribution is 0.0196. The van der Waals surface area contributed by atoms with Crippen LogP contribution in [-0.2, 0) is 5.60 Å². The number of hydrogen-bond donors (Lipinski definition) is 2. The Labute approximate surface area is 220 Å². The molecule has 1 aliphatic rings. The molecule has 1 aliphatic heterocycles. The number of aryl methyl sites for hydroxylation is 2. The lowest BCUT2D eigenvalue weighted by Crippen LogP contribution is -2.31. The Bertz CT molecular complexity index is 1180. The minimum atomic E-state index is -0.823. The van der Waals surface area contributed by atoms with E-state index >= 15 is 0 Å². The van der Waals surface area contributed by atoms with E-state index in [1.165, 1.54) is 0 Å². The third-order valence-corrected chi connectivity index (χ3v) is 7.69. The summed E-state index contributed by atoms with van der Waals surface area (Å²) in [7, 11) is 2.15. The number of hydrogen-bond acceptors (Lipinski definition) is 7. The standard InChI is InChI=1S/C29H42N6O2/c1-6-8-9-12-29(36,7-2)26-20(3)15-22(16-21(26)4)25-18-31-27(30)28(33-25)37-24-17-32-35(19-24)23-10-13-34(5)14-11-23/h15-19,23,36H,6-14H2,1-5H3,(H2,30,31). The quantitative estimate of drug-likeness (QED) is 0.336. The molecule has 1 fully saturated rings. The molecule has 3 N–H and O–H groups in total. The molecule has 3 aromatic rings. The highest BCUT2D eigenvalue weighted by molar-refractivity contribution is 5.64. The Morgan fingerprint density at radius 3 is 2.46 bits per heavy atom. The summed E-state index contributed by atoms with van der Waals surface area (Å²) in [6.45, 7) is 10.5. The molecular formula is C29H42N6O2. The summed E-state index contributed by atoms with van der Waals surface area (Å²) in [4.78, 5) is 11.4. The summed E-state index contributed by atoms with van der Waals surface area (Å²) < 4.78 is 8.03. The van der Waals surface area contributed by atoms with Gasteiger partial charge in [0.25, 0.3) is 5.88 Å². The van der Waals surface area contributed by atoms with Gasteiger partial charge in [0, 0.05) is 5.56 Å². The number of nitrogens with zero attached hydrogens (tertiary/aromatic N) is 5. The molecular weight excluding hydrogens is 464 g/mol. The largest absolute Gasteiger partial charge is 0.433 e. The fraction of sp³-hybridized carbons (Fsp3) is 0.552. The maximum atomic E-state index is 11.5. The molecule has 3 heterocycles. The van der Waals surface area contributed by atoms with Crippen molar-refractivity contribution in [3.05, 3.63) is 47.4 Å². The van der Waals surface area contributed by atoms with E-state index in [9.17, 15) is 5.11 Å². The lowest BCUT2D eigenvalue weighted by Gasteiger charge is -2.31. The van der Waals surface area contributed by atoms with Gasteiger partial charge in [0.1, 0.15) is 0 Å². The van der Waals surface area contributed by atoms with Crippen molar-refractivity contribution in [2.75, 3.05) is 25.9 Å². The number of aromatic nitrogens is 4. The van der Waals surface area contributed by atoms with Gasteiger partial charge in [-0.1, -0.05) is 33.1 Å². The van der Waals surface area contributed by atoms with Gasteiger partial charge >= 0.3 is 0 Å². The van der Waals surface area contributed by atoms with Gasteiger partial charge in [-0.2, -0.15) is 5.10 Å². The Morgan fingerprint density at radius 2 is 1.81 bits per heavy atom. The third kappa shape index (κ3) is 6.13. The first-order valence-electron chi connectivity index (χ1n) is 13.6. The first-order chi connectivity index (χ1) is 17.7. The zero-order valence-corrected chi connectivity index (χ0v) is 23.0. The van der Waals surface area contributed by atoms with Crippen LogP contribution in [0.2, 0.25) is 0 Å². The molecule has 0 bridgehead atoms. The minimum Gasteiger partial charge on any atom is -0.433 e. The Hall–Kier alpha value is -2.97. The van der Waals surface area contributed by atoms with Gasteiger partial charge < -0.3 is 20.5 Å². The average molecular weight is 507 g/mol. The number of rotatable bonds is 10. The number of aliphatic hydroxyl groups is 1. The van der Waals surface area contributed by atoms with Crippen LogP contribution in [0.25, 0.3) is 11.3 Å². The molecule has 200 valence electrons. The molecule has 37 heavy (non-hydrogen) atoms. The van der Waals surface area contributed by atoms with Gasteiger partial charge in [-0.15, -0.1) is 0 Å². The summed E-state index contributed by atoms with van der Waals surface area (Å²) in [5, 5.41) is 16.0. The highest BCUT2D eigenvalue weighted by atomic mass is 16.5. The molecule has 0 spiro atoms. The van der Waals surface area contributed by atoms with Crippen LogP contribution in [-0.4, -0.2) is 49.9 Å². The number of likely N-dealkylation sites (tertiary alicyclic amines) is 1. The number of ether oxygens (including phenoxy) is 1. The van der Waals surface area contributed by atoms with Crippen molar-refractivity contribution >= 4 is 5.82 Å². The fourth-order valence-electron chi connectivity index (χ4n) is 5.53. The van der Waals surface area contributed by atoms with E-state index in [-0.39, 0.29) is 11.7 Å². The Balaban J connectivity index is 1.56. The fourth-order valence-corrected chi connectivity index (χ4v) is 5.53. The zero-order chi connectivity index (χ0) is 26.6. The maximum absolute atomic E-state index is 11.5. The summed E-state index contributed by atoms with van der Waals surface area (Å²) in [5.41, 5.74) is 10.0. The van der Waals surface area contributed by atoms with Crippen molar-refractivity contribution in [3.63, 3.8) is 0 Å². The van der Waals surface area contributed by atoms with Gasteiger partial charge in [0.2, 0.25) is 0 Å². The average Bonchev–Trinajstić information content (AvgIpc) is 3.34. The number of anilines is 1. The Morgan fingerprint density at radius 1 is 1.11 bits per heavy atom. The van der Waals surface area contributed by atoms with Crippen molar-refractivity contribution in [2.45, 2.75) is 84.3 Å². The first kappa shape index (κ1) is 27.1. The van der Waals surface area contributed by atoms with Gasteiger partial charge in [-0.25, -0.2) is 9.97 Å². The number of unbranched alkanes of at least 4 members (excludes halogenated alkanes) is 2. The SMILES string of the molecule is CCCCCC(O)(CC)c1c(C)cc(-c2cnc(N)c(Oc3cnn(C4CCN(C)CC4)c3)n2)cc1C. The van der Waals surface area contributed by atoms with Gasteiger partial charge in [0.05, 0.1) is 35.9 Å². The van der Waals surface area contributed by atoms with E-state index in [2.05, 4.69) is 61.9 Å². The maximum Gasteiger partial charge on any atom is 0.263 e. The van der Waals surface area contributed by atoms with Crippen molar-refractivity contribution in [2.24, 2.45) is 0 Å². The Kier molecular flexibility index (Phi) is 8.49. The summed E-state index contributed by atoms with van der Waals surface area (Å²) in [5.74, 6) is 1.10. The van der Waals surface area contributed by atoms with Crippen LogP contribution in [0.15, 0.2) is 30.7 Å². The number of nitrogen functional groups attached to an aromatic ring is 1. The molecule has 2 aromatic heterocycles. The molecule has 0 amide bonds. The molecule has 0 aliphatic carbocycles. The first-order valence-corrected chi connectivity index (χ1v) is 13.6. The molecule has 0 saturated carbocycles. The third-order valence-electron chi connectivity index (χ3n) is 7.69. The van der Waals surface area contributed by atoms with E-state index in [1.807, 2.05) is 10.9 Å². The van der Waals surface area contributed by atoms with Gasteiger partial charge in [-0.05, 0) is 88.5 Å². The van der Waals surface area contributed by atoms with Crippen LogP contribution in [0.5, 0.6) is 11.6 Å². The van der Waals surface area contributed by atoms with Gasteiger partial charge in [0.15, 0.2) is 11.6 Å². The monoisotopic (exact) mass is 506 g/mol. The van der Waals surface area contributed by atoms with E-state index in [4.69, 9.17) is 15.5 Å². The van der Waals surface area contributed by atoms with Crippen LogP contribution in [0, 0.1) is 13.8 Å². The topological polar surface area (TPSA) is 102 Å². The number of benzene rings is 1. The van der Waals surface area contributed by atoms with Crippen LogP contribution < -0.4 is 10.5 Å². The molecule has 1 unspecified atom stereocenters. The van der Waals surface area contributed by atoms with Crippen LogP contribution in [0.1, 0.15) is 81.5 Å². The van der Waals surface area contributed by atoms with E-state index in [0.29, 0.717) is 23.9 Å². The summed E-state index contributed by atoms with van der Waals surface area (Å²) in [6.07, 6.45) is 12.1. The second-order valence-corrected chi connectivity index (χ2v) is 10.6. The second kappa shape index (κ2) is 11.6. The number of nitrogens with two attached hydrogens (primary N) is 1. The van der Waals surface area contributed by atoms with Crippen LogP contribution >= 0.6 is 0 Å². The lowest BCUT2D eigenvalue weighted by atomic mass is 9.80. The highest BCUT2D eigenvalue weighted by Crippen LogP contribution is 2.38. The molecule has 0 radical (unpaired) electrons. The van der Waals surface area contributed by atoms with Crippen LogP contribution in [0.3, 0.4) is 0 Å². The molecule has 8 nitrogen and oxygen atoms in total. The summed E-state index contributed by atoms with van der Waals surface area (Å²) in [6, 6.07) is 4.52. The molecule has 1 saturated heterocycles. The predicted molar refractivity (Wildman–Crippen MR) is 148 cm³/mol.